The number of pyridine rings is 1. The van der Waals surface area contributed by atoms with E-state index in [1.54, 1.807) is 0 Å². The second kappa shape index (κ2) is 4.30. The van der Waals surface area contributed by atoms with Crippen LogP contribution >= 0.6 is 0 Å². The molecule has 1 aromatic heterocycles. The van der Waals surface area contributed by atoms with E-state index < -0.39 is 0 Å². The first-order valence-corrected chi connectivity index (χ1v) is 6.66. The van der Waals surface area contributed by atoms with Gasteiger partial charge in [-0.25, -0.2) is 0 Å². The molecule has 0 aromatic carbocycles. The number of anilines is 1. The summed E-state index contributed by atoms with van der Waals surface area (Å²) in [5.41, 5.74) is 2.53. The first-order chi connectivity index (χ1) is 8.24. The molecule has 3 rings (SSSR count). The van der Waals surface area contributed by atoms with E-state index in [1.165, 1.54) is 24.1 Å². The van der Waals surface area contributed by atoms with E-state index in [0.29, 0.717) is 12.1 Å². The number of nitrogens with one attached hydrogen (secondary N) is 1. The summed E-state index contributed by atoms with van der Waals surface area (Å²) in [6.45, 7) is 6.63. The van der Waals surface area contributed by atoms with E-state index in [9.17, 15) is 0 Å². The molecule has 92 valence electrons. The summed E-state index contributed by atoms with van der Waals surface area (Å²) in [5, 5.41) is 3.68. The van der Waals surface area contributed by atoms with Gasteiger partial charge in [0, 0.05) is 31.4 Å². The molecule has 2 fully saturated rings. The number of aromatic nitrogens is 1. The monoisotopic (exact) mass is 231 g/mol. The van der Waals surface area contributed by atoms with Crippen LogP contribution in [-0.2, 0) is 0 Å². The third kappa shape index (κ3) is 2.29. The number of hydrogen-bond donors (Lipinski definition) is 1. The maximum absolute atomic E-state index is 4.32. The van der Waals surface area contributed by atoms with Gasteiger partial charge in [-0.3, -0.25) is 4.98 Å². The van der Waals surface area contributed by atoms with Gasteiger partial charge in [0.05, 0.1) is 11.9 Å². The van der Waals surface area contributed by atoms with Gasteiger partial charge < -0.3 is 10.2 Å². The van der Waals surface area contributed by atoms with Gasteiger partial charge in [-0.15, -0.1) is 0 Å². The molecule has 1 aliphatic carbocycles. The Bertz CT molecular complexity index is 400. The normalized spacial score (nSPS) is 29.4. The Morgan fingerprint density at radius 3 is 2.88 bits per heavy atom. The van der Waals surface area contributed by atoms with Gasteiger partial charge >= 0.3 is 0 Å². The molecule has 1 aromatic rings. The van der Waals surface area contributed by atoms with Crippen molar-refractivity contribution in [2.45, 2.75) is 38.8 Å². The number of rotatable bonds is 2. The van der Waals surface area contributed by atoms with Crippen LogP contribution in [0.25, 0.3) is 0 Å². The molecule has 0 bridgehead atoms. The van der Waals surface area contributed by atoms with Crippen molar-refractivity contribution in [3.05, 3.63) is 24.0 Å². The molecule has 1 N–H and O–H groups in total. The number of hydrogen-bond acceptors (Lipinski definition) is 3. The summed E-state index contributed by atoms with van der Waals surface area (Å²) >= 11 is 0. The SMILES string of the molecule is Cc1cncc(N2CC(C3CC3)NCC2C)c1. The molecule has 2 aliphatic rings. The van der Waals surface area contributed by atoms with E-state index in [1.807, 2.05) is 12.4 Å². The molecule has 3 nitrogen and oxygen atoms in total. The fraction of sp³-hybridized carbons (Fsp3) is 0.643. The highest BCUT2D eigenvalue weighted by Gasteiger charge is 2.36. The second-order valence-electron chi connectivity index (χ2n) is 5.57. The fourth-order valence-electron chi connectivity index (χ4n) is 2.76. The largest absolute Gasteiger partial charge is 0.365 e. The highest BCUT2D eigenvalue weighted by atomic mass is 15.2. The van der Waals surface area contributed by atoms with Crippen LogP contribution in [0.2, 0.25) is 0 Å². The van der Waals surface area contributed by atoms with Gasteiger partial charge in [0.1, 0.15) is 0 Å². The van der Waals surface area contributed by atoms with Gasteiger partial charge in [-0.05, 0) is 44.2 Å². The lowest BCUT2D eigenvalue weighted by Gasteiger charge is -2.40. The van der Waals surface area contributed by atoms with Crippen LogP contribution in [0.3, 0.4) is 0 Å². The van der Waals surface area contributed by atoms with Gasteiger partial charge in [-0.2, -0.15) is 0 Å². The van der Waals surface area contributed by atoms with Crippen LogP contribution in [-0.4, -0.2) is 30.2 Å². The van der Waals surface area contributed by atoms with Crippen molar-refractivity contribution in [3.8, 4) is 0 Å². The lowest BCUT2D eigenvalue weighted by atomic mass is 10.1. The molecule has 0 amide bonds. The van der Waals surface area contributed by atoms with E-state index in [-0.39, 0.29) is 0 Å². The Labute approximate surface area is 103 Å². The summed E-state index contributed by atoms with van der Waals surface area (Å²) in [6, 6.07) is 3.50. The first kappa shape index (κ1) is 11.0. The van der Waals surface area contributed by atoms with Crippen LogP contribution in [0.4, 0.5) is 5.69 Å². The highest BCUT2D eigenvalue weighted by molar-refractivity contribution is 5.47. The predicted molar refractivity (Wildman–Crippen MR) is 70.3 cm³/mol. The average molecular weight is 231 g/mol. The summed E-state index contributed by atoms with van der Waals surface area (Å²) < 4.78 is 0. The zero-order valence-electron chi connectivity index (χ0n) is 10.7. The van der Waals surface area contributed by atoms with Gasteiger partial charge in [0.25, 0.3) is 0 Å². The molecule has 0 spiro atoms. The van der Waals surface area contributed by atoms with Crippen molar-refractivity contribution in [2.75, 3.05) is 18.0 Å². The molecule has 2 atom stereocenters. The predicted octanol–water partition coefficient (Wildman–Crippen LogP) is 1.97. The van der Waals surface area contributed by atoms with E-state index in [2.05, 4.69) is 35.1 Å². The minimum atomic E-state index is 0.564. The van der Waals surface area contributed by atoms with Crippen LogP contribution in [0.5, 0.6) is 0 Å². The standard InChI is InChI=1S/C14H21N3/c1-10-5-13(8-15-6-10)17-9-14(12-3-4-12)16-7-11(17)2/h5-6,8,11-12,14,16H,3-4,7,9H2,1-2H3. The molecule has 1 saturated carbocycles. The zero-order valence-corrected chi connectivity index (χ0v) is 10.7. The van der Waals surface area contributed by atoms with E-state index in [0.717, 1.165) is 19.0 Å². The van der Waals surface area contributed by atoms with Crippen LogP contribution < -0.4 is 10.2 Å². The summed E-state index contributed by atoms with van der Waals surface area (Å²) in [5.74, 6) is 0.919. The average Bonchev–Trinajstić information content (AvgIpc) is 3.14. The Morgan fingerprint density at radius 2 is 2.18 bits per heavy atom. The molecule has 17 heavy (non-hydrogen) atoms. The first-order valence-electron chi connectivity index (χ1n) is 6.66. The van der Waals surface area contributed by atoms with Crippen molar-refractivity contribution in [3.63, 3.8) is 0 Å². The Morgan fingerprint density at radius 1 is 1.35 bits per heavy atom. The smallest absolute Gasteiger partial charge is 0.0558 e. The molecule has 0 radical (unpaired) electrons. The number of piperazine rings is 1. The van der Waals surface area contributed by atoms with Crippen molar-refractivity contribution < 1.29 is 0 Å². The Hall–Kier alpha value is -1.09. The summed E-state index contributed by atoms with van der Waals surface area (Å²) in [4.78, 5) is 6.83. The van der Waals surface area contributed by atoms with Gasteiger partial charge in [0.15, 0.2) is 0 Å². The lowest BCUT2D eigenvalue weighted by Crippen LogP contribution is -2.56. The second-order valence-corrected chi connectivity index (χ2v) is 5.57. The lowest BCUT2D eigenvalue weighted by molar-refractivity contribution is 0.376. The third-order valence-electron chi connectivity index (χ3n) is 3.98. The minimum Gasteiger partial charge on any atom is -0.365 e. The van der Waals surface area contributed by atoms with Crippen molar-refractivity contribution >= 4 is 5.69 Å². The molecule has 3 heteroatoms. The Kier molecular flexibility index (Phi) is 2.79. The summed E-state index contributed by atoms with van der Waals surface area (Å²) in [7, 11) is 0. The number of nitrogens with zero attached hydrogens (tertiary/aromatic N) is 2. The topological polar surface area (TPSA) is 28.2 Å². The zero-order chi connectivity index (χ0) is 11.8. The van der Waals surface area contributed by atoms with Gasteiger partial charge in [-0.1, -0.05) is 0 Å². The Balaban J connectivity index is 1.79. The minimum absolute atomic E-state index is 0.564. The highest BCUT2D eigenvalue weighted by Crippen LogP contribution is 2.35. The maximum Gasteiger partial charge on any atom is 0.0558 e. The maximum atomic E-state index is 4.32. The molecule has 1 aliphatic heterocycles. The molecule has 2 unspecified atom stereocenters. The number of aryl methyl sites for hydroxylation is 1. The quantitative estimate of drug-likeness (QED) is 0.843. The van der Waals surface area contributed by atoms with E-state index in [4.69, 9.17) is 0 Å². The van der Waals surface area contributed by atoms with Crippen LogP contribution in [0.15, 0.2) is 18.5 Å². The molecular weight excluding hydrogens is 210 g/mol. The van der Waals surface area contributed by atoms with Crippen LogP contribution in [0.1, 0.15) is 25.3 Å². The third-order valence-corrected chi connectivity index (χ3v) is 3.98. The van der Waals surface area contributed by atoms with Crippen molar-refractivity contribution in [1.29, 1.82) is 0 Å². The van der Waals surface area contributed by atoms with Crippen LogP contribution in [0, 0.1) is 12.8 Å². The summed E-state index contributed by atoms with van der Waals surface area (Å²) in [6.07, 6.45) is 6.74. The van der Waals surface area contributed by atoms with E-state index >= 15 is 0 Å². The fourth-order valence-corrected chi connectivity index (χ4v) is 2.76. The van der Waals surface area contributed by atoms with Gasteiger partial charge in [0.2, 0.25) is 0 Å². The van der Waals surface area contributed by atoms with Crippen molar-refractivity contribution in [1.82, 2.24) is 10.3 Å². The molecule has 1 saturated heterocycles. The van der Waals surface area contributed by atoms with Crippen molar-refractivity contribution in [2.24, 2.45) is 5.92 Å². The molecular formula is C14H21N3. The molecule has 2 heterocycles.